The largest absolute Gasteiger partial charge is 0.479 e. The van der Waals surface area contributed by atoms with E-state index < -0.39 is 67.3 Å². The second kappa shape index (κ2) is 55.9. The third-order valence-electron chi connectivity index (χ3n) is 13.8. The van der Waals surface area contributed by atoms with Crippen LogP contribution >= 0.6 is 0 Å². The molecule has 0 aromatic rings. The maximum absolute atomic E-state index is 13.2. The van der Waals surface area contributed by atoms with Crippen LogP contribution in [0.2, 0.25) is 0 Å². The van der Waals surface area contributed by atoms with E-state index >= 15 is 0 Å². The number of allylic oxidation sites excluding steroid dienone is 18. The van der Waals surface area contributed by atoms with Gasteiger partial charge < -0.3 is 39.0 Å². The first kappa shape index (κ1) is 74.4. The van der Waals surface area contributed by atoms with Crippen LogP contribution in [0.3, 0.4) is 0 Å². The number of ether oxygens (including phenoxy) is 5. The van der Waals surface area contributed by atoms with Crippen molar-refractivity contribution in [2.75, 3.05) is 13.2 Å². The average molecular weight is 1130 g/mol. The molecule has 0 aliphatic carbocycles. The van der Waals surface area contributed by atoms with Gasteiger partial charge in [-0.25, -0.2) is 4.79 Å². The minimum Gasteiger partial charge on any atom is -0.479 e. The van der Waals surface area contributed by atoms with Crippen molar-refractivity contribution in [3.63, 3.8) is 0 Å². The van der Waals surface area contributed by atoms with Crippen molar-refractivity contribution >= 4 is 23.9 Å². The summed E-state index contributed by atoms with van der Waals surface area (Å²) in [7, 11) is 0. The molecule has 3 N–H and O–H groups in total. The number of aliphatic hydroxyl groups is 2. The van der Waals surface area contributed by atoms with Gasteiger partial charge in [-0.3, -0.25) is 14.4 Å². The lowest BCUT2D eigenvalue weighted by molar-refractivity contribution is -0.301. The molecule has 0 bridgehead atoms. The maximum Gasteiger partial charge on any atom is 0.335 e. The van der Waals surface area contributed by atoms with Gasteiger partial charge in [-0.2, -0.15) is 0 Å². The molecule has 81 heavy (non-hydrogen) atoms. The topological polar surface area (TPSA) is 175 Å². The van der Waals surface area contributed by atoms with Crippen LogP contribution in [0.5, 0.6) is 0 Å². The Bertz CT molecular complexity index is 1820. The normalized spacial score (nSPS) is 18.5. The number of carbonyl (C=O) groups is 4. The molecule has 12 heteroatoms. The van der Waals surface area contributed by atoms with E-state index in [1.165, 1.54) is 57.8 Å². The average Bonchev–Trinajstić information content (AvgIpc) is 3.53. The third kappa shape index (κ3) is 45.6. The molecule has 6 atom stereocenters. The van der Waals surface area contributed by atoms with Crippen LogP contribution in [-0.2, 0) is 42.9 Å². The molecule has 0 aromatic carbocycles. The summed E-state index contributed by atoms with van der Waals surface area (Å²) in [6.45, 7) is 5.72. The summed E-state index contributed by atoms with van der Waals surface area (Å²) in [6.07, 6.45) is 63.4. The lowest BCUT2D eigenvalue weighted by Gasteiger charge is -2.40. The Morgan fingerprint density at radius 2 is 0.790 bits per heavy atom. The van der Waals surface area contributed by atoms with Gasteiger partial charge in [-0.05, 0) is 116 Å². The van der Waals surface area contributed by atoms with E-state index in [-0.39, 0.29) is 25.9 Å². The highest BCUT2D eigenvalue weighted by Gasteiger charge is 2.50. The minimum atomic E-state index is -1.92. The van der Waals surface area contributed by atoms with Crippen LogP contribution in [0, 0.1) is 0 Å². The van der Waals surface area contributed by atoms with E-state index in [0.717, 1.165) is 128 Å². The number of esters is 3. The molecule has 460 valence electrons. The van der Waals surface area contributed by atoms with Crippen molar-refractivity contribution in [3.05, 3.63) is 109 Å². The molecule has 1 rings (SSSR count). The summed E-state index contributed by atoms with van der Waals surface area (Å²) >= 11 is 0. The van der Waals surface area contributed by atoms with Crippen molar-refractivity contribution in [3.8, 4) is 0 Å². The molecule has 1 fully saturated rings. The van der Waals surface area contributed by atoms with Gasteiger partial charge in [0.25, 0.3) is 0 Å². The van der Waals surface area contributed by atoms with Gasteiger partial charge in [-0.1, -0.05) is 226 Å². The second-order valence-corrected chi connectivity index (χ2v) is 21.3. The Hall–Kier alpha value is -4.62. The summed E-state index contributed by atoms with van der Waals surface area (Å²) in [5, 5.41) is 31.6. The first-order valence-corrected chi connectivity index (χ1v) is 31.9. The Morgan fingerprint density at radius 1 is 0.420 bits per heavy atom. The monoisotopic (exact) mass is 1130 g/mol. The Morgan fingerprint density at radius 3 is 1.23 bits per heavy atom. The highest BCUT2D eigenvalue weighted by Crippen LogP contribution is 2.26. The minimum absolute atomic E-state index is 0.0385. The number of carboxylic acids is 1. The molecule has 0 saturated carbocycles. The molecule has 0 amide bonds. The molecule has 12 nitrogen and oxygen atoms in total. The number of aliphatic carboxylic acids is 1. The number of carbonyl (C=O) groups excluding carboxylic acids is 3. The van der Waals surface area contributed by atoms with E-state index in [0.29, 0.717) is 25.7 Å². The van der Waals surface area contributed by atoms with Gasteiger partial charge in [0.2, 0.25) is 0 Å². The van der Waals surface area contributed by atoms with E-state index in [2.05, 4.69) is 124 Å². The van der Waals surface area contributed by atoms with Gasteiger partial charge >= 0.3 is 23.9 Å². The molecule has 0 radical (unpaired) electrons. The fourth-order valence-corrected chi connectivity index (χ4v) is 9.00. The molecular weight excluding hydrogens is 1020 g/mol. The fraction of sp³-hybridized carbons (Fsp3) is 0.681. The van der Waals surface area contributed by atoms with Crippen molar-refractivity contribution in [2.24, 2.45) is 0 Å². The zero-order valence-electron chi connectivity index (χ0n) is 50.7. The maximum atomic E-state index is 13.2. The summed E-state index contributed by atoms with van der Waals surface area (Å²) < 4.78 is 28.4. The molecule has 1 saturated heterocycles. The molecule has 1 aliphatic rings. The number of aliphatic hydroxyl groups excluding tert-OH is 2. The van der Waals surface area contributed by atoms with Crippen LogP contribution in [0.1, 0.15) is 252 Å². The van der Waals surface area contributed by atoms with Gasteiger partial charge in [0.1, 0.15) is 18.8 Å². The molecule has 0 spiro atoms. The molecular formula is C69H112O12. The molecule has 1 heterocycles. The van der Waals surface area contributed by atoms with E-state index in [1.54, 1.807) is 0 Å². The first-order valence-electron chi connectivity index (χ1n) is 31.9. The number of carboxylic acid groups (broad SMARTS) is 1. The van der Waals surface area contributed by atoms with Gasteiger partial charge in [-0.15, -0.1) is 0 Å². The van der Waals surface area contributed by atoms with Crippen molar-refractivity contribution in [1.29, 1.82) is 0 Å². The zero-order chi connectivity index (χ0) is 58.9. The molecule has 1 aliphatic heterocycles. The SMILES string of the molecule is CC/C=C\C/C=C\C/C=C\C/C=C\C/C=C\CCCC(=O)OCC(COC1OC(C(=O)O)C(O)C(O)C1OC(=O)CCCCCCCCC/C=C\C/C=C\C/C=C\CC)OC(=O)CCCCCCCCC/C=C\CCCCCCCC. The lowest BCUT2D eigenvalue weighted by Crippen LogP contribution is -2.61. The number of rotatable bonds is 53. The van der Waals surface area contributed by atoms with Crippen molar-refractivity contribution in [1.82, 2.24) is 0 Å². The zero-order valence-corrected chi connectivity index (χ0v) is 50.7. The predicted molar refractivity (Wildman–Crippen MR) is 330 cm³/mol. The third-order valence-corrected chi connectivity index (χ3v) is 13.8. The lowest BCUT2D eigenvalue weighted by atomic mass is 9.98. The predicted octanol–water partition coefficient (Wildman–Crippen LogP) is 17.0. The number of unbranched alkanes of at least 4 members (excludes halogenated alkanes) is 21. The molecule has 6 unspecified atom stereocenters. The molecule has 0 aromatic heterocycles. The standard InChI is InChI=1S/C69H112O12/c1-4-7-10-13-16-19-22-25-28-31-34-37-40-43-46-49-52-55-61(70)77-58-60(79-62(71)56-53-50-47-44-41-38-35-32-29-26-23-20-17-14-11-8-5-2)59-78-69-67(65(74)64(73)66(81-69)68(75)76)80-63(72)57-54-51-48-45-42-39-36-33-30-27-24-21-18-15-12-9-6-3/h7,9-10,12,16,18-19,21,25-30,34,37,43,46,60,64-67,69,73-74H,4-6,8,11,13-15,17,20,22-24,31-33,35-36,38-42,44-45,47-59H2,1-3H3,(H,75,76)/b10-7-,12-9-,19-16-,21-18-,28-25-,29-26-,30-27-,37-34-,46-43-. The Kier molecular flexibility index (Phi) is 51.3. The summed E-state index contributed by atoms with van der Waals surface area (Å²) in [5.41, 5.74) is 0. The fourth-order valence-electron chi connectivity index (χ4n) is 9.00. The van der Waals surface area contributed by atoms with Crippen molar-refractivity contribution in [2.45, 2.75) is 289 Å². The van der Waals surface area contributed by atoms with E-state index in [1.807, 2.05) is 6.08 Å². The van der Waals surface area contributed by atoms with Gasteiger partial charge in [0.05, 0.1) is 6.61 Å². The second-order valence-electron chi connectivity index (χ2n) is 21.3. The smallest absolute Gasteiger partial charge is 0.335 e. The van der Waals surface area contributed by atoms with Crippen LogP contribution in [0.15, 0.2) is 109 Å². The van der Waals surface area contributed by atoms with Crippen LogP contribution in [-0.4, -0.2) is 89.2 Å². The van der Waals surface area contributed by atoms with Crippen LogP contribution < -0.4 is 0 Å². The van der Waals surface area contributed by atoms with Crippen LogP contribution in [0.25, 0.3) is 0 Å². The Labute approximate surface area is 491 Å². The highest BCUT2D eigenvalue weighted by molar-refractivity contribution is 5.74. The quantitative estimate of drug-likeness (QED) is 0.0228. The van der Waals surface area contributed by atoms with E-state index in [9.17, 15) is 34.5 Å². The number of hydrogen-bond donors (Lipinski definition) is 3. The van der Waals surface area contributed by atoms with Gasteiger partial charge in [0, 0.05) is 19.3 Å². The first-order chi connectivity index (χ1) is 39.6. The van der Waals surface area contributed by atoms with Gasteiger partial charge in [0.15, 0.2) is 24.6 Å². The summed E-state index contributed by atoms with van der Waals surface area (Å²) in [5.74, 6) is -3.22. The summed E-state index contributed by atoms with van der Waals surface area (Å²) in [6, 6.07) is 0. The number of hydrogen-bond acceptors (Lipinski definition) is 11. The van der Waals surface area contributed by atoms with Crippen LogP contribution in [0.4, 0.5) is 0 Å². The Balaban J connectivity index is 2.72. The van der Waals surface area contributed by atoms with Crippen molar-refractivity contribution < 1.29 is 58.2 Å². The highest BCUT2D eigenvalue weighted by atomic mass is 16.7. The summed E-state index contributed by atoms with van der Waals surface area (Å²) in [4.78, 5) is 51.3. The van der Waals surface area contributed by atoms with E-state index in [4.69, 9.17) is 23.7 Å².